The van der Waals surface area contributed by atoms with Gasteiger partial charge in [0.15, 0.2) is 0 Å². The average molecular weight is 356 g/mol. The second-order valence-corrected chi connectivity index (χ2v) is 7.08. The molecule has 0 atom stereocenters. The molecule has 140 valence electrons. The molecule has 0 spiro atoms. The molecule has 2 rings (SSSR count). The third kappa shape index (κ3) is 6.31. The van der Waals surface area contributed by atoms with Crippen molar-refractivity contribution in [3.8, 4) is 11.5 Å². The van der Waals surface area contributed by atoms with Gasteiger partial charge in [0.1, 0.15) is 18.1 Å². The molecular formula is C21H28N2O3. The lowest BCUT2D eigenvalue weighted by atomic mass is 9.87. The molecule has 0 heterocycles. The Morgan fingerprint density at radius 2 is 1.73 bits per heavy atom. The molecule has 2 aromatic carbocycles. The number of rotatable bonds is 7. The number of nitrogens with one attached hydrogen (secondary N) is 2. The molecule has 0 unspecified atom stereocenters. The van der Waals surface area contributed by atoms with Crippen LogP contribution in [0.3, 0.4) is 0 Å². The van der Waals surface area contributed by atoms with Crippen molar-refractivity contribution in [2.24, 2.45) is 0 Å². The SMILES string of the molecule is COc1ccc(CNC(=O)NCCOc2cccc(C(C)(C)C)c2)cc1. The van der Waals surface area contributed by atoms with Crippen molar-refractivity contribution in [3.63, 3.8) is 0 Å². The maximum Gasteiger partial charge on any atom is 0.315 e. The second-order valence-electron chi connectivity index (χ2n) is 7.08. The lowest BCUT2D eigenvalue weighted by molar-refractivity contribution is 0.236. The Morgan fingerprint density at radius 3 is 2.38 bits per heavy atom. The minimum absolute atomic E-state index is 0.0823. The molecule has 0 aromatic heterocycles. The summed E-state index contributed by atoms with van der Waals surface area (Å²) in [6, 6.07) is 15.4. The molecule has 0 bridgehead atoms. The van der Waals surface area contributed by atoms with Gasteiger partial charge >= 0.3 is 6.03 Å². The van der Waals surface area contributed by atoms with Gasteiger partial charge in [0.2, 0.25) is 0 Å². The van der Waals surface area contributed by atoms with Crippen molar-refractivity contribution in [1.29, 1.82) is 0 Å². The van der Waals surface area contributed by atoms with Crippen molar-refractivity contribution in [2.75, 3.05) is 20.3 Å². The normalized spacial score (nSPS) is 10.9. The van der Waals surface area contributed by atoms with E-state index in [1.165, 1.54) is 5.56 Å². The van der Waals surface area contributed by atoms with E-state index in [4.69, 9.17) is 9.47 Å². The van der Waals surface area contributed by atoms with Gasteiger partial charge in [-0.1, -0.05) is 45.0 Å². The predicted molar refractivity (Wildman–Crippen MR) is 104 cm³/mol. The van der Waals surface area contributed by atoms with E-state index >= 15 is 0 Å². The highest BCUT2D eigenvalue weighted by atomic mass is 16.5. The molecular weight excluding hydrogens is 328 g/mol. The second kappa shape index (κ2) is 9.13. The van der Waals surface area contributed by atoms with Gasteiger partial charge in [0.25, 0.3) is 0 Å². The Hall–Kier alpha value is -2.69. The predicted octanol–water partition coefficient (Wildman–Crippen LogP) is 3.87. The molecule has 2 aromatic rings. The van der Waals surface area contributed by atoms with E-state index in [0.29, 0.717) is 19.7 Å². The number of carbonyl (C=O) groups excluding carboxylic acids is 1. The Kier molecular flexibility index (Phi) is 6.89. The number of amides is 2. The quantitative estimate of drug-likeness (QED) is 0.741. The van der Waals surface area contributed by atoms with Gasteiger partial charge in [0, 0.05) is 6.54 Å². The fourth-order valence-corrected chi connectivity index (χ4v) is 2.37. The Morgan fingerprint density at radius 1 is 1.00 bits per heavy atom. The van der Waals surface area contributed by atoms with Gasteiger partial charge in [-0.15, -0.1) is 0 Å². The molecule has 0 aliphatic rings. The summed E-state index contributed by atoms with van der Waals surface area (Å²) in [5.74, 6) is 1.61. The molecule has 0 aliphatic heterocycles. The standard InChI is InChI=1S/C21H28N2O3/c1-21(2,3)17-6-5-7-19(14-17)26-13-12-22-20(24)23-15-16-8-10-18(25-4)11-9-16/h5-11,14H,12-13,15H2,1-4H3,(H2,22,23,24). The number of benzene rings is 2. The summed E-state index contributed by atoms with van der Waals surface area (Å²) in [4.78, 5) is 11.8. The zero-order chi connectivity index (χ0) is 19.0. The molecule has 5 heteroatoms. The largest absolute Gasteiger partial charge is 0.497 e. The Bertz CT molecular complexity index is 706. The first-order valence-electron chi connectivity index (χ1n) is 8.76. The van der Waals surface area contributed by atoms with Gasteiger partial charge < -0.3 is 20.1 Å². The Balaban J connectivity index is 1.68. The highest BCUT2D eigenvalue weighted by Crippen LogP contribution is 2.25. The molecule has 0 saturated heterocycles. The zero-order valence-corrected chi connectivity index (χ0v) is 16.0. The summed E-state index contributed by atoms with van der Waals surface area (Å²) in [6.07, 6.45) is 0. The maximum atomic E-state index is 11.8. The number of carbonyl (C=O) groups is 1. The van der Waals surface area contributed by atoms with Crippen LogP contribution < -0.4 is 20.1 Å². The minimum atomic E-state index is -0.215. The summed E-state index contributed by atoms with van der Waals surface area (Å²) < 4.78 is 10.8. The number of hydrogen-bond donors (Lipinski definition) is 2. The molecule has 2 N–H and O–H groups in total. The van der Waals surface area contributed by atoms with Gasteiger partial charge in [-0.05, 0) is 40.8 Å². The van der Waals surface area contributed by atoms with Crippen LogP contribution in [0.2, 0.25) is 0 Å². The monoisotopic (exact) mass is 356 g/mol. The van der Waals surface area contributed by atoms with Crippen LogP contribution in [0.4, 0.5) is 4.79 Å². The van der Waals surface area contributed by atoms with Crippen molar-refractivity contribution < 1.29 is 14.3 Å². The number of methoxy groups -OCH3 is 1. The van der Waals surface area contributed by atoms with Crippen LogP contribution in [-0.2, 0) is 12.0 Å². The molecule has 5 nitrogen and oxygen atoms in total. The lowest BCUT2D eigenvalue weighted by Gasteiger charge is -2.19. The first-order valence-corrected chi connectivity index (χ1v) is 8.76. The van der Waals surface area contributed by atoms with Crippen molar-refractivity contribution in [1.82, 2.24) is 10.6 Å². The fraction of sp³-hybridized carbons (Fsp3) is 0.381. The van der Waals surface area contributed by atoms with E-state index in [-0.39, 0.29) is 11.4 Å². The summed E-state index contributed by atoms with van der Waals surface area (Å²) >= 11 is 0. The number of urea groups is 1. The van der Waals surface area contributed by atoms with Gasteiger partial charge in [-0.25, -0.2) is 4.79 Å². The maximum absolute atomic E-state index is 11.8. The first kappa shape index (κ1) is 19.6. The van der Waals surface area contributed by atoms with Crippen LogP contribution in [0.5, 0.6) is 11.5 Å². The van der Waals surface area contributed by atoms with E-state index < -0.39 is 0 Å². The van der Waals surface area contributed by atoms with E-state index in [1.54, 1.807) is 7.11 Å². The summed E-state index contributed by atoms with van der Waals surface area (Å²) in [5.41, 5.74) is 2.32. The highest BCUT2D eigenvalue weighted by molar-refractivity contribution is 5.73. The van der Waals surface area contributed by atoms with Crippen LogP contribution in [0, 0.1) is 0 Å². The van der Waals surface area contributed by atoms with Crippen LogP contribution in [0.25, 0.3) is 0 Å². The van der Waals surface area contributed by atoms with Crippen molar-refractivity contribution in [2.45, 2.75) is 32.7 Å². The summed E-state index contributed by atoms with van der Waals surface area (Å²) in [7, 11) is 1.63. The van der Waals surface area contributed by atoms with Crippen LogP contribution >= 0.6 is 0 Å². The molecule has 0 saturated carbocycles. The van der Waals surface area contributed by atoms with E-state index in [1.807, 2.05) is 42.5 Å². The summed E-state index contributed by atoms with van der Waals surface area (Å²) in [6.45, 7) is 7.82. The number of ether oxygens (including phenoxy) is 2. The van der Waals surface area contributed by atoms with Crippen LogP contribution in [-0.4, -0.2) is 26.3 Å². The minimum Gasteiger partial charge on any atom is -0.497 e. The third-order valence-corrected chi connectivity index (χ3v) is 3.97. The van der Waals surface area contributed by atoms with Crippen LogP contribution in [0.1, 0.15) is 31.9 Å². The molecule has 0 aliphatic carbocycles. The van der Waals surface area contributed by atoms with E-state index in [2.05, 4.69) is 37.5 Å². The summed E-state index contributed by atoms with van der Waals surface area (Å²) in [5, 5.41) is 5.61. The lowest BCUT2D eigenvalue weighted by Crippen LogP contribution is -2.37. The van der Waals surface area contributed by atoms with Crippen molar-refractivity contribution in [3.05, 3.63) is 59.7 Å². The van der Waals surface area contributed by atoms with Crippen molar-refractivity contribution >= 4 is 6.03 Å². The average Bonchev–Trinajstić information content (AvgIpc) is 2.63. The fourth-order valence-electron chi connectivity index (χ4n) is 2.37. The van der Waals surface area contributed by atoms with Gasteiger partial charge in [0.05, 0.1) is 13.7 Å². The third-order valence-electron chi connectivity index (χ3n) is 3.97. The zero-order valence-electron chi connectivity index (χ0n) is 16.0. The Labute approximate surface area is 155 Å². The molecule has 26 heavy (non-hydrogen) atoms. The molecule has 0 fully saturated rings. The smallest absolute Gasteiger partial charge is 0.315 e. The highest BCUT2D eigenvalue weighted by Gasteiger charge is 2.13. The van der Waals surface area contributed by atoms with E-state index in [0.717, 1.165) is 17.1 Å². The van der Waals surface area contributed by atoms with E-state index in [9.17, 15) is 4.79 Å². The molecule has 0 radical (unpaired) electrons. The first-order chi connectivity index (χ1) is 12.4. The van der Waals surface area contributed by atoms with Gasteiger partial charge in [-0.2, -0.15) is 0 Å². The molecule has 2 amide bonds. The topological polar surface area (TPSA) is 59.6 Å². The van der Waals surface area contributed by atoms with Crippen LogP contribution in [0.15, 0.2) is 48.5 Å². The number of hydrogen-bond acceptors (Lipinski definition) is 3. The van der Waals surface area contributed by atoms with Gasteiger partial charge in [-0.3, -0.25) is 0 Å².